The number of methoxy groups -OCH3 is 1. The standard InChI is InChI=1S/C21H25FN4O2.2ClH/c1-28-17-6-2-5-16-18(13-7-9-14(22)10-8-13)20(26-19(16)17)21(27)25-12-15(24)4-3-11-23;;/h2,5-10,15,26H,3-4,11-12,23-24H2,1H3,(H,25,27);2*1H/t15-;;/m0../s1. The largest absolute Gasteiger partial charge is 0.495 e. The molecule has 1 amide bonds. The van der Waals surface area contributed by atoms with Gasteiger partial charge in [0.05, 0.1) is 12.6 Å². The number of halogens is 3. The number of hydrogen-bond acceptors (Lipinski definition) is 4. The van der Waals surface area contributed by atoms with Crippen LogP contribution in [-0.2, 0) is 0 Å². The molecule has 0 fully saturated rings. The van der Waals surface area contributed by atoms with Gasteiger partial charge in [-0.15, -0.1) is 24.8 Å². The minimum atomic E-state index is -0.335. The number of para-hydroxylation sites is 1. The highest BCUT2D eigenvalue weighted by Gasteiger charge is 2.21. The van der Waals surface area contributed by atoms with Gasteiger partial charge in [0.15, 0.2) is 0 Å². The maximum absolute atomic E-state index is 13.4. The Morgan fingerprint density at radius 1 is 1.20 bits per heavy atom. The maximum Gasteiger partial charge on any atom is 0.268 e. The number of rotatable bonds is 8. The van der Waals surface area contributed by atoms with Crippen molar-refractivity contribution in [3.63, 3.8) is 0 Å². The molecule has 1 heterocycles. The molecule has 9 heteroatoms. The van der Waals surface area contributed by atoms with Crippen molar-refractivity contribution < 1.29 is 13.9 Å². The number of amides is 1. The number of carbonyl (C=O) groups excluding carboxylic acids is 1. The zero-order chi connectivity index (χ0) is 20.1. The van der Waals surface area contributed by atoms with Gasteiger partial charge in [-0.25, -0.2) is 4.39 Å². The highest BCUT2D eigenvalue weighted by Crippen LogP contribution is 2.36. The number of aromatic amines is 1. The quantitative estimate of drug-likeness (QED) is 0.415. The second kappa shape index (κ2) is 11.8. The number of hydrogen-bond donors (Lipinski definition) is 4. The number of fused-ring (bicyclic) bond motifs is 1. The summed E-state index contributed by atoms with van der Waals surface area (Å²) in [6, 6.07) is 11.5. The minimum absolute atomic E-state index is 0. The summed E-state index contributed by atoms with van der Waals surface area (Å²) in [7, 11) is 1.57. The predicted octanol–water partition coefficient (Wildman–Crippen LogP) is 3.62. The second-order valence-corrected chi connectivity index (χ2v) is 6.67. The van der Waals surface area contributed by atoms with Gasteiger partial charge in [-0.2, -0.15) is 0 Å². The fraction of sp³-hybridized carbons (Fsp3) is 0.286. The van der Waals surface area contributed by atoms with E-state index in [4.69, 9.17) is 16.2 Å². The first-order valence-electron chi connectivity index (χ1n) is 9.23. The SMILES string of the molecule is COc1cccc2c(-c3ccc(F)cc3)c(C(=O)NC[C@@H](N)CCCN)[nH]c12.Cl.Cl. The van der Waals surface area contributed by atoms with Gasteiger partial charge in [-0.3, -0.25) is 4.79 Å². The molecule has 1 atom stereocenters. The molecule has 0 radical (unpaired) electrons. The maximum atomic E-state index is 13.4. The molecule has 0 saturated heterocycles. The number of ether oxygens (including phenoxy) is 1. The summed E-state index contributed by atoms with van der Waals surface area (Å²) >= 11 is 0. The zero-order valence-electron chi connectivity index (χ0n) is 16.6. The summed E-state index contributed by atoms with van der Waals surface area (Å²) in [6.07, 6.45) is 1.55. The fourth-order valence-electron chi connectivity index (χ4n) is 3.24. The van der Waals surface area contributed by atoms with Gasteiger partial charge in [0.2, 0.25) is 0 Å². The summed E-state index contributed by atoms with van der Waals surface area (Å²) in [4.78, 5) is 16.1. The molecule has 1 aromatic heterocycles. The molecule has 6 nitrogen and oxygen atoms in total. The summed E-state index contributed by atoms with van der Waals surface area (Å²) in [6.45, 7) is 0.909. The molecule has 0 aliphatic carbocycles. The van der Waals surface area contributed by atoms with Crippen LogP contribution in [0.5, 0.6) is 5.75 Å². The molecule has 3 rings (SSSR count). The lowest BCUT2D eigenvalue weighted by Crippen LogP contribution is -2.37. The zero-order valence-corrected chi connectivity index (χ0v) is 18.2. The molecule has 3 aromatic rings. The van der Waals surface area contributed by atoms with Crippen LogP contribution in [0.4, 0.5) is 4.39 Å². The Bertz CT molecular complexity index is 964. The van der Waals surface area contributed by atoms with Crippen LogP contribution in [0.15, 0.2) is 42.5 Å². The number of aromatic nitrogens is 1. The van der Waals surface area contributed by atoms with E-state index in [1.165, 1.54) is 12.1 Å². The molecule has 0 unspecified atom stereocenters. The first-order chi connectivity index (χ1) is 13.5. The molecule has 164 valence electrons. The third-order valence-corrected chi connectivity index (χ3v) is 4.68. The Morgan fingerprint density at radius 2 is 1.90 bits per heavy atom. The van der Waals surface area contributed by atoms with Gasteiger partial charge in [-0.1, -0.05) is 24.3 Å². The lowest BCUT2D eigenvalue weighted by molar-refractivity contribution is 0.0947. The van der Waals surface area contributed by atoms with E-state index in [1.807, 2.05) is 18.2 Å². The Balaban J connectivity index is 0.00000225. The van der Waals surface area contributed by atoms with Crippen molar-refractivity contribution in [1.82, 2.24) is 10.3 Å². The van der Waals surface area contributed by atoms with E-state index in [9.17, 15) is 9.18 Å². The van der Waals surface area contributed by atoms with Crippen LogP contribution < -0.4 is 21.5 Å². The van der Waals surface area contributed by atoms with Crippen molar-refractivity contribution in [2.45, 2.75) is 18.9 Å². The van der Waals surface area contributed by atoms with Crippen molar-refractivity contribution in [3.8, 4) is 16.9 Å². The molecule has 0 saturated carbocycles. The first-order valence-corrected chi connectivity index (χ1v) is 9.23. The average molecular weight is 457 g/mol. The summed E-state index contributed by atoms with van der Waals surface area (Å²) in [5.41, 5.74) is 14.1. The molecule has 0 aliphatic rings. The van der Waals surface area contributed by atoms with Gasteiger partial charge >= 0.3 is 0 Å². The fourth-order valence-corrected chi connectivity index (χ4v) is 3.24. The highest BCUT2D eigenvalue weighted by molar-refractivity contribution is 6.10. The van der Waals surface area contributed by atoms with Crippen molar-refractivity contribution in [2.24, 2.45) is 11.5 Å². The highest BCUT2D eigenvalue weighted by atomic mass is 35.5. The second-order valence-electron chi connectivity index (χ2n) is 6.67. The van der Waals surface area contributed by atoms with Gasteiger partial charge in [0, 0.05) is 23.5 Å². The minimum Gasteiger partial charge on any atom is -0.495 e. The molecule has 2 aromatic carbocycles. The first kappa shape index (κ1) is 25.7. The smallest absolute Gasteiger partial charge is 0.268 e. The van der Waals surface area contributed by atoms with Crippen LogP contribution in [0.25, 0.3) is 22.0 Å². The molecular formula is C21H27Cl2FN4O2. The summed E-state index contributed by atoms with van der Waals surface area (Å²) in [5, 5.41) is 3.70. The van der Waals surface area contributed by atoms with Gasteiger partial charge < -0.3 is 26.5 Å². The average Bonchev–Trinajstić information content (AvgIpc) is 3.10. The number of nitrogens with two attached hydrogens (primary N) is 2. The van der Waals surface area contributed by atoms with Crippen LogP contribution in [-0.4, -0.2) is 37.1 Å². The van der Waals surface area contributed by atoms with Gasteiger partial charge in [-0.05, 0) is 43.1 Å². The van der Waals surface area contributed by atoms with Crippen LogP contribution in [0.1, 0.15) is 23.3 Å². The molecule has 30 heavy (non-hydrogen) atoms. The topological polar surface area (TPSA) is 106 Å². The molecule has 0 aliphatic heterocycles. The molecule has 0 bridgehead atoms. The van der Waals surface area contributed by atoms with E-state index in [2.05, 4.69) is 10.3 Å². The normalized spacial score (nSPS) is 11.3. The Kier molecular flexibility index (Phi) is 10.1. The van der Waals surface area contributed by atoms with Crippen LogP contribution in [0.2, 0.25) is 0 Å². The Labute approximate surface area is 187 Å². The Hall–Kier alpha value is -2.32. The molecule has 6 N–H and O–H groups in total. The van der Waals surface area contributed by atoms with Gasteiger partial charge in [0.25, 0.3) is 5.91 Å². The van der Waals surface area contributed by atoms with Gasteiger partial charge in [0.1, 0.15) is 17.3 Å². The van der Waals surface area contributed by atoms with E-state index in [1.54, 1.807) is 19.2 Å². The molecular weight excluding hydrogens is 430 g/mol. The van der Waals surface area contributed by atoms with E-state index in [-0.39, 0.29) is 42.6 Å². The summed E-state index contributed by atoms with van der Waals surface area (Å²) in [5.74, 6) is 0.0124. The third-order valence-electron chi connectivity index (χ3n) is 4.68. The van der Waals surface area contributed by atoms with E-state index in [0.29, 0.717) is 35.6 Å². The number of carbonyl (C=O) groups is 1. The number of nitrogens with one attached hydrogen (secondary N) is 2. The van der Waals surface area contributed by atoms with Crippen molar-refractivity contribution in [1.29, 1.82) is 0 Å². The lowest BCUT2D eigenvalue weighted by Gasteiger charge is -2.12. The van der Waals surface area contributed by atoms with Crippen LogP contribution in [0, 0.1) is 5.82 Å². The predicted molar refractivity (Wildman–Crippen MR) is 123 cm³/mol. The third kappa shape index (κ3) is 5.64. The monoisotopic (exact) mass is 456 g/mol. The molecule has 0 spiro atoms. The number of H-pyrrole nitrogens is 1. The summed E-state index contributed by atoms with van der Waals surface area (Å²) < 4.78 is 18.8. The van der Waals surface area contributed by atoms with E-state index < -0.39 is 0 Å². The van der Waals surface area contributed by atoms with Crippen molar-refractivity contribution in [2.75, 3.05) is 20.2 Å². The number of benzene rings is 2. The Morgan fingerprint density at radius 3 is 2.53 bits per heavy atom. The van der Waals surface area contributed by atoms with Crippen molar-refractivity contribution >= 4 is 41.6 Å². The van der Waals surface area contributed by atoms with Crippen LogP contribution in [0.3, 0.4) is 0 Å². The van der Waals surface area contributed by atoms with Crippen molar-refractivity contribution in [3.05, 3.63) is 54.0 Å². The van der Waals surface area contributed by atoms with E-state index >= 15 is 0 Å². The van der Waals surface area contributed by atoms with Crippen LogP contribution >= 0.6 is 24.8 Å². The van der Waals surface area contributed by atoms with E-state index in [0.717, 1.165) is 23.8 Å². The lowest BCUT2D eigenvalue weighted by atomic mass is 10.0.